The maximum atomic E-state index is 11.4. The van der Waals surface area contributed by atoms with Crippen molar-refractivity contribution in [3.63, 3.8) is 0 Å². The monoisotopic (exact) mass is 235 g/mol. The van der Waals surface area contributed by atoms with Crippen LogP contribution in [0.3, 0.4) is 0 Å². The number of nitrogens with one attached hydrogen (secondary N) is 2. The summed E-state index contributed by atoms with van der Waals surface area (Å²) in [4.78, 5) is 15.9. The molecule has 2 N–H and O–H groups in total. The zero-order chi connectivity index (χ0) is 11.4. The Balaban J connectivity index is 1.77. The van der Waals surface area contributed by atoms with Gasteiger partial charge in [0.2, 0.25) is 5.91 Å². The van der Waals surface area contributed by atoms with E-state index in [0.717, 1.165) is 18.4 Å². The highest BCUT2D eigenvalue weighted by Gasteiger charge is 2.22. The lowest BCUT2D eigenvalue weighted by Crippen LogP contribution is -2.37. The molecule has 1 heterocycles. The van der Waals surface area contributed by atoms with E-state index < -0.39 is 0 Å². The Bertz CT molecular complexity index is 389. The smallest absolute Gasteiger partial charge is 0.239 e. The molecule has 2 rings (SSSR count). The zero-order valence-corrected chi connectivity index (χ0v) is 9.59. The summed E-state index contributed by atoms with van der Waals surface area (Å²) in [6.45, 7) is 0.226. The number of nitrogens with zero attached hydrogens (tertiary/aromatic N) is 1. The fraction of sp³-hybridized carbons (Fsp3) is 0.364. The molecule has 84 valence electrons. The summed E-state index contributed by atoms with van der Waals surface area (Å²) in [5.74, 6) is -0.00580. The van der Waals surface area contributed by atoms with Gasteiger partial charge in [-0.15, -0.1) is 0 Å². The number of carbonyl (C=O) groups excluding carboxylic acids is 1. The van der Waals surface area contributed by atoms with Crippen molar-refractivity contribution in [3.05, 3.63) is 30.1 Å². The zero-order valence-electron chi connectivity index (χ0n) is 8.77. The number of aromatic nitrogens is 1. The van der Waals surface area contributed by atoms with Crippen molar-refractivity contribution < 1.29 is 4.79 Å². The number of rotatable bonds is 4. The van der Waals surface area contributed by atoms with Gasteiger partial charge in [0.1, 0.15) is 4.99 Å². The number of carbonyl (C=O) groups is 1. The van der Waals surface area contributed by atoms with Gasteiger partial charge in [-0.3, -0.25) is 9.78 Å². The molecule has 0 saturated heterocycles. The van der Waals surface area contributed by atoms with Gasteiger partial charge in [0.05, 0.1) is 6.54 Å². The number of hydrogen-bond acceptors (Lipinski definition) is 3. The molecule has 0 unspecified atom stereocenters. The van der Waals surface area contributed by atoms with E-state index in [-0.39, 0.29) is 12.5 Å². The third-order valence-corrected chi connectivity index (χ3v) is 2.66. The summed E-state index contributed by atoms with van der Waals surface area (Å²) < 4.78 is 0. The van der Waals surface area contributed by atoms with Gasteiger partial charge in [0.15, 0.2) is 0 Å². The molecule has 16 heavy (non-hydrogen) atoms. The molecule has 1 aliphatic rings. The molecule has 0 aromatic carbocycles. The molecule has 0 radical (unpaired) electrons. The highest BCUT2D eigenvalue weighted by molar-refractivity contribution is 7.80. The summed E-state index contributed by atoms with van der Waals surface area (Å²) in [7, 11) is 0. The van der Waals surface area contributed by atoms with Gasteiger partial charge in [-0.2, -0.15) is 0 Å². The molecule has 1 aromatic heterocycles. The van der Waals surface area contributed by atoms with Crippen LogP contribution in [-0.4, -0.2) is 28.5 Å². The number of pyridine rings is 1. The Morgan fingerprint density at radius 1 is 1.56 bits per heavy atom. The molecule has 5 heteroatoms. The first-order valence-corrected chi connectivity index (χ1v) is 5.64. The number of hydrogen-bond donors (Lipinski definition) is 2. The number of amides is 1. The Hall–Kier alpha value is -1.49. The van der Waals surface area contributed by atoms with Crippen LogP contribution in [0.15, 0.2) is 24.5 Å². The minimum absolute atomic E-state index is 0.00580. The molecule has 1 amide bonds. The van der Waals surface area contributed by atoms with Crippen molar-refractivity contribution in [1.82, 2.24) is 15.6 Å². The lowest BCUT2D eigenvalue weighted by atomic mass is 10.3. The molecule has 0 bridgehead atoms. The van der Waals surface area contributed by atoms with E-state index in [9.17, 15) is 4.79 Å². The van der Waals surface area contributed by atoms with Gasteiger partial charge < -0.3 is 10.6 Å². The Kier molecular flexibility index (Phi) is 3.46. The average Bonchev–Trinajstić information content (AvgIpc) is 3.11. The fourth-order valence-electron chi connectivity index (χ4n) is 1.27. The Labute approximate surface area is 99.5 Å². The second kappa shape index (κ2) is 5.03. The van der Waals surface area contributed by atoms with E-state index in [0.29, 0.717) is 11.0 Å². The van der Waals surface area contributed by atoms with Crippen molar-refractivity contribution in [2.24, 2.45) is 0 Å². The summed E-state index contributed by atoms with van der Waals surface area (Å²) in [5.41, 5.74) is 0.830. The van der Waals surface area contributed by atoms with Crippen LogP contribution >= 0.6 is 12.2 Å². The summed E-state index contributed by atoms with van der Waals surface area (Å²) in [5, 5.41) is 5.80. The van der Waals surface area contributed by atoms with E-state index in [1.165, 1.54) is 0 Å². The Morgan fingerprint density at radius 2 is 2.38 bits per heavy atom. The van der Waals surface area contributed by atoms with Gasteiger partial charge in [-0.05, 0) is 25.0 Å². The maximum absolute atomic E-state index is 11.4. The van der Waals surface area contributed by atoms with Crippen molar-refractivity contribution in [1.29, 1.82) is 0 Å². The van der Waals surface area contributed by atoms with E-state index >= 15 is 0 Å². The van der Waals surface area contributed by atoms with E-state index in [4.69, 9.17) is 12.2 Å². The maximum Gasteiger partial charge on any atom is 0.239 e. The molecule has 0 aliphatic heterocycles. The van der Waals surface area contributed by atoms with Crippen LogP contribution in [0.2, 0.25) is 0 Å². The van der Waals surface area contributed by atoms with E-state index in [1.54, 1.807) is 12.4 Å². The third kappa shape index (κ3) is 3.27. The molecular weight excluding hydrogens is 222 g/mol. The second-order valence-electron chi connectivity index (χ2n) is 3.77. The van der Waals surface area contributed by atoms with E-state index in [1.807, 2.05) is 12.1 Å². The topological polar surface area (TPSA) is 54.0 Å². The van der Waals surface area contributed by atoms with Crippen LogP contribution < -0.4 is 10.6 Å². The van der Waals surface area contributed by atoms with Gasteiger partial charge in [0.25, 0.3) is 0 Å². The molecule has 1 fully saturated rings. The van der Waals surface area contributed by atoms with Crippen LogP contribution in [0.1, 0.15) is 18.4 Å². The molecule has 1 aromatic rings. The molecule has 0 atom stereocenters. The van der Waals surface area contributed by atoms with Crippen molar-refractivity contribution in [3.8, 4) is 0 Å². The van der Waals surface area contributed by atoms with Gasteiger partial charge in [-0.1, -0.05) is 12.2 Å². The lowest BCUT2D eigenvalue weighted by molar-refractivity contribution is -0.120. The first-order chi connectivity index (χ1) is 7.75. The molecule has 1 saturated carbocycles. The van der Waals surface area contributed by atoms with Gasteiger partial charge >= 0.3 is 0 Å². The fourth-order valence-corrected chi connectivity index (χ4v) is 1.46. The third-order valence-electron chi connectivity index (χ3n) is 2.28. The highest BCUT2D eigenvalue weighted by Crippen LogP contribution is 2.18. The number of thiocarbonyl (C=S) groups is 1. The summed E-state index contributed by atoms with van der Waals surface area (Å²) >= 11 is 5.14. The summed E-state index contributed by atoms with van der Waals surface area (Å²) in [6.07, 6.45) is 5.55. The highest BCUT2D eigenvalue weighted by atomic mass is 32.1. The van der Waals surface area contributed by atoms with Crippen LogP contribution in [0, 0.1) is 0 Å². The quantitative estimate of drug-likeness (QED) is 0.751. The molecule has 4 nitrogen and oxygen atoms in total. The largest absolute Gasteiger partial charge is 0.367 e. The van der Waals surface area contributed by atoms with E-state index in [2.05, 4.69) is 15.6 Å². The van der Waals surface area contributed by atoms with Gasteiger partial charge in [0, 0.05) is 24.0 Å². The standard InChI is InChI=1S/C11H13N3OS/c15-10(14-9-3-4-9)7-13-11(16)8-2-1-5-12-6-8/h1-2,5-6,9H,3-4,7H2,(H,13,16)(H,14,15). The lowest BCUT2D eigenvalue weighted by Gasteiger charge is -2.07. The Morgan fingerprint density at radius 3 is 3.00 bits per heavy atom. The molecule has 0 spiro atoms. The van der Waals surface area contributed by atoms with Crippen LogP contribution in [0.4, 0.5) is 0 Å². The summed E-state index contributed by atoms with van der Waals surface area (Å²) in [6, 6.07) is 4.07. The van der Waals surface area contributed by atoms with Crippen LogP contribution in [0.25, 0.3) is 0 Å². The van der Waals surface area contributed by atoms with Crippen LogP contribution in [-0.2, 0) is 4.79 Å². The van der Waals surface area contributed by atoms with Gasteiger partial charge in [-0.25, -0.2) is 0 Å². The van der Waals surface area contributed by atoms with Crippen LogP contribution in [0.5, 0.6) is 0 Å². The molecule has 1 aliphatic carbocycles. The first-order valence-electron chi connectivity index (χ1n) is 5.23. The first kappa shape index (κ1) is 11.0. The van der Waals surface area contributed by atoms with Crippen molar-refractivity contribution in [2.45, 2.75) is 18.9 Å². The van der Waals surface area contributed by atoms with Crippen molar-refractivity contribution >= 4 is 23.1 Å². The minimum Gasteiger partial charge on any atom is -0.367 e. The predicted octanol–water partition coefficient (Wildman–Crippen LogP) is 0.625. The minimum atomic E-state index is -0.00580. The SMILES string of the molecule is O=C(CNC(=S)c1cccnc1)NC1CC1. The normalized spacial score (nSPS) is 14.2. The molecular formula is C11H13N3OS. The average molecular weight is 235 g/mol. The second-order valence-corrected chi connectivity index (χ2v) is 4.17. The van der Waals surface area contributed by atoms with Crippen molar-refractivity contribution in [2.75, 3.05) is 6.54 Å². The predicted molar refractivity (Wildman–Crippen MR) is 65.1 cm³/mol.